The largest absolute Gasteiger partial charge is 0.489 e. The molecule has 3 aromatic rings. The number of hydrogen-bond donors (Lipinski definition) is 1. The summed E-state index contributed by atoms with van der Waals surface area (Å²) >= 11 is 1.32. The second-order valence-electron chi connectivity index (χ2n) is 5.17. The van der Waals surface area contributed by atoms with Gasteiger partial charge in [0.15, 0.2) is 5.16 Å². The van der Waals surface area contributed by atoms with E-state index in [9.17, 15) is 10.1 Å². The van der Waals surface area contributed by atoms with Gasteiger partial charge in [-0.15, -0.1) is 0 Å². The molecule has 0 fully saturated rings. The van der Waals surface area contributed by atoms with E-state index in [-0.39, 0.29) is 5.56 Å². The Hall–Kier alpha value is -3.04. The molecule has 1 N–H and O–H groups in total. The third kappa shape index (κ3) is 3.73. The van der Waals surface area contributed by atoms with Crippen LogP contribution in [0.25, 0.3) is 11.3 Å². The molecule has 0 amide bonds. The van der Waals surface area contributed by atoms with Crippen LogP contribution in [0.1, 0.15) is 11.1 Å². The lowest BCUT2D eigenvalue weighted by molar-refractivity contribution is 0.306. The van der Waals surface area contributed by atoms with Crippen LogP contribution in [0.4, 0.5) is 0 Å². The summed E-state index contributed by atoms with van der Waals surface area (Å²) in [6.07, 6.45) is 1.82. The molecule has 0 bridgehead atoms. The first-order valence-electron chi connectivity index (χ1n) is 7.57. The molecule has 6 heteroatoms. The lowest BCUT2D eigenvalue weighted by Gasteiger charge is -2.12. The van der Waals surface area contributed by atoms with Gasteiger partial charge in [0, 0.05) is 5.56 Å². The average molecular weight is 349 g/mol. The SMILES string of the molecule is CSc1nc(-c2ccccc2COc2ccccc2)c(C#N)c(=O)[nH]1. The molecule has 1 heterocycles. The Morgan fingerprint density at radius 3 is 2.60 bits per heavy atom. The van der Waals surface area contributed by atoms with Crippen molar-refractivity contribution < 1.29 is 4.74 Å². The van der Waals surface area contributed by atoms with Gasteiger partial charge in [-0.1, -0.05) is 54.2 Å². The maximum Gasteiger partial charge on any atom is 0.270 e. The van der Waals surface area contributed by atoms with Crippen molar-refractivity contribution >= 4 is 11.8 Å². The van der Waals surface area contributed by atoms with Gasteiger partial charge in [0.25, 0.3) is 5.56 Å². The normalized spacial score (nSPS) is 10.2. The number of H-pyrrole nitrogens is 1. The van der Waals surface area contributed by atoms with Crippen LogP contribution in [-0.4, -0.2) is 16.2 Å². The van der Waals surface area contributed by atoms with Crippen molar-refractivity contribution in [3.05, 3.63) is 76.1 Å². The van der Waals surface area contributed by atoms with Gasteiger partial charge in [0.1, 0.15) is 24.0 Å². The number of rotatable bonds is 5. The zero-order valence-electron chi connectivity index (χ0n) is 13.5. The Morgan fingerprint density at radius 2 is 1.88 bits per heavy atom. The van der Waals surface area contributed by atoms with E-state index in [4.69, 9.17) is 4.74 Å². The van der Waals surface area contributed by atoms with Crippen molar-refractivity contribution in [2.75, 3.05) is 6.26 Å². The fraction of sp³-hybridized carbons (Fsp3) is 0.105. The highest BCUT2D eigenvalue weighted by Gasteiger charge is 2.16. The van der Waals surface area contributed by atoms with E-state index in [1.165, 1.54) is 11.8 Å². The molecule has 0 radical (unpaired) electrons. The number of nitrogens with one attached hydrogen (secondary N) is 1. The molecule has 124 valence electrons. The lowest BCUT2D eigenvalue weighted by atomic mass is 10.0. The van der Waals surface area contributed by atoms with Crippen LogP contribution in [-0.2, 0) is 6.61 Å². The minimum absolute atomic E-state index is 0.00459. The summed E-state index contributed by atoms with van der Waals surface area (Å²) in [5.41, 5.74) is 1.52. The van der Waals surface area contributed by atoms with Crippen LogP contribution < -0.4 is 10.3 Å². The molecule has 0 saturated heterocycles. The minimum atomic E-state index is -0.435. The van der Waals surface area contributed by atoms with Crippen molar-refractivity contribution in [2.45, 2.75) is 11.8 Å². The van der Waals surface area contributed by atoms with E-state index < -0.39 is 5.56 Å². The smallest absolute Gasteiger partial charge is 0.270 e. The second kappa shape index (κ2) is 7.69. The standard InChI is InChI=1S/C19H15N3O2S/c1-25-19-21-17(16(11-20)18(23)22-19)15-10-6-5-7-13(15)12-24-14-8-3-2-4-9-14/h2-10H,12H2,1H3,(H,21,22,23). The summed E-state index contributed by atoms with van der Waals surface area (Å²) < 4.78 is 5.81. The Morgan fingerprint density at radius 1 is 1.16 bits per heavy atom. The van der Waals surface area contributed by atoms with Crippen molar-refractivity contribution in [1.29, 1.82) is 5.26 Å². The van der Waals surface area contributed by atoms with Gasteiger partial charge in [-0.2, -0.15) is 5.26 Å². The summed E-state index contributed by atoms with van der Waals surface area (Å²) in [5, 5.41) is 9.85. The number of thioether (sulfide) groups is 1. The lowest BCUT2D eigenvalue weighted by Crippen LogP contribution is -2.15. The zero-order chi connectivity index (χ0) is 17.6. The summed E-state index contributed by atoms with van der Waals surface area (Å²) in [5.74, 6) is 0.751. The maximum absolute atomic E-state index is 12.2. The number of ether oxygens (including phenoxy) is 1. The Balaban J connectivity index is 2.03. The molecular weight excluding hydrogens is 334 g/mol. The fourth-order valence-corrected chi connectivity index (χ4v) is 2.78. The van der Waals surface area contributed by atoms with E-state index in [0.717, 1.165) is 16.9 Å². The highest BCUT2D eigenvalue weighted by Crippen LogP contribution is 2.26. The molecule has 0 unspecified atom stereocenters. The molecule has 3 rings (SSSR count). The molecule has 0 aliphatic rings. The number of aromatic amines is 1. The van der Waals surface area contributed by atoms with Gasteiger partial charge >= 0.3 is 0 Å². The van der Waals surface area contributed by atoms with Crippen LogP contribution in [0, 0.1) is 11.3 Å². The molecule has 0 atom stereocenters. The van der Waals surface area contributed by atoms with E-state index in [1.54, 1.807) is 0 Å². The fourth-order valence-electron chi connectivity index (χ4n) is 2.40. The first-order valence-corrected chi connectivity index (χ1v) is 8.80. The van der Waals surface area contributed by atoms with Gasteiger partial charge in [0.05, 0.1) is 5.69 Å². The van der Waals surface area contributed by atoms with Crippen LogP contribution in [0.5, 0.6) is 5.75 Å². The molecular formula is C19H15N3O2S. The molecule has 1 aromatic heterocycles. The topological polar surface area (TPSA) is 78.8 Å². The van der Waals surface area contributed by atoms with Crippen molar-refractivity contribution in [1.82, 2.24) is 9.97 Å². The Kier molecular flexibility index (Phi) is 5.17. The predicted molar refractivity (Wildman–Crippen MR) is 97.6 cm³/mol. The van der Waals surface area contributed by atoms with Crippen LogP contribution in [0.3, 0.4) is 0 Å². The van der Waals surface area contributed by atoms with Crippen LogP contribution >= 0.6 is 11.8 Å². The van der Waals surface area contributed by atoms with E-state index >= 15 is 0 Å². The summed E-state index contributed by atoms with van der Waals surface area (Å²) in [6, 6.07) is 18.9. The first kappa shape index (κ1) is 16.8. The van der Waals surface area contributed by atoms with Crippen molar-refractivity contribution in [3.8, 4) is 23.1 Å². The summed E-state index contributed by atoms with van der Waals surface area (Å²) in [6.45, 7) is 0.314. The minimum Gasteiger partial charge on any atom is -0.489 e. The summed E-state index contributed by atoms with van der Waals surface area (Å²) in [4.78, 5) is 19.2. The van der Waals surface area contributed by atoms with E-state index in [1.807, 2.05) is 66.9 Å². The zero-order valence-corrected chi connectivity index (χ0v) is 14.3. The number of aromatic nitrogens is 2. The van der Waals surface area contributed by atoms with E-state index in [0.29, 0.717) is 17.5 Å². The molecule has 5 nitrogen and oxygen atoms in total. The van der Waals surface area contributed by atoms with E-state index in [2.05, 4.69) is 9.97 Å². The van der Waals surface area contributed by atoms with Crippen molar-refractivity contribution in [3.63, 3.8) is 0 Å². The first-order chi connectivity index (χ1) is 12.2. The number of nitrogens with zero attached hydrogens (tertiary/aromatic N) is 2. The quantitative estimate of drug-likeness (QED) is 0.562. The van der Waals surface area contributed by atoms with Crippen molar-refractivity contribution in [2.24, 2.45) is 0 Å². The number of benzene rings is 2. The molecule has 2 aromatic carbocycles. The highest BCUT2D eigenvalue weighted by atomic mass is 32.2. The molecule has 0 aliphatic carbocycles. The van der Waals surface area contributed by atoms with Gasteiger partial charge < -0.3 is 9.72 Å². The average Bonchev–Trinajstić information content (AvgIpc) is 2.66. The monoisotopic (exact) mass is 349 g/mol. The Labute approximate surface area is 149 Å². The number of hydrogen-bond acceptors (Lipinski definition) is 5. The van der Waals surface area contributed by atoms with Gasteiger partial charge in [-0.25, -0.2) is 4.98 Å². The van der Waals surface area contributed by atoms with Gasteiger partial charge in [-0.05, 0) is 24.0 Å². The number of para-hydroxylation sites is 1. The number of nitriles is 1. The third-order valence-electron chi connectivity index (χ3n) is 3.61. The molecule has 0 aliphatic heterocycles. The molecule has 0 spiro atoms. The maximum atomic E-state index is 12.2. The molecule has 0 saturated carbocycles. The third-order valence-corrected chi connectivity index (χ3v) is 4.19. The van der Waals surface area contributed by atoms with Crippen LogP contribution in [0.2, 0.25) is 0 Å². The summed E-state index contributed by atoms with van der Waals surface area (Å²) in [7, 11) is 0. The van der Waals surface area contributed by atoms with Gasteiger partial charge in [0.2, 0.25) is 0 Å². The van der Waals surface area contributed by atoms with Gasteiger partial charge in [-0.3, -0.25) is 4.79 Å². The predicted octanol–water partition coefficient (Wildman–Crippen LogP) is 3.61. The molecule has 25 heavy (non-hydrogen) atoms. The van der Waals surface area contributed by atoms with Crippen LogP contribution in [0.15, 0.2) is 64.5 Å². The Bertz CT molecular complexity index is 978. The second-order valence-corrected chi connectivity index (χ2v) is 5.96. The highest BCUT2D eigenvalue weighted by molar-refractivity contribution is 7.98.